The van der Waals surface area contributed by atoms with Crippen molar-refractivity contribution in [3.8, 4) is 0 Å². The van der Waals surface area contributed by atoms with Crippen LogP contribution in [0.25, 0.3) is 0 Å². The Balaban J connectivity index is 3.19. The Kier molecular flexibility index (Phi) is 6.34. The van der Waals surface area contributed by atoms with Gasteiger partial charge in [-0.15, -0.1) is 0 Å². The smallest absolute Gasteiger partial charge is 0.0849 e. The number of hydrogen-bond donors (Lipinski definition) is 2. The van der Waals surface area contributed by atoms with Crippen LogP contribution in [0.1, 0.15) is 27.2 Å². The van der Waals surface area contributed by atoms with Gasteiger partial charge in [-0.3, -0.25) is 0 Å². The third kappa shape index (κ3) is 6.58. The van der Waals surface area contributed by atoms with Gasteiger partial charge in [-0.2, -0.15) is 0 Å². The van der Waals surface area contributed by atoms with E-state index in [0.717, 1.165) is 19.5 Å². The van der Waals surface area contributed by atoms with E-state index in [9.17, 15) is 5.11 Å². The normalized spacial score (nSPS) is 16.0. The summed E-state index contributed by atoms with van der Waals surface area (Å²) in [5.41, 5.74) is -0.661. The largest absolute Gasteiger partial charge is 0.388 e. The van der Waals surface area contributed by atoms with Crippen LogP contribution in [0.4, 0.5) is 0 Å². The van der Waals surface area contributed by atoms with Crippen molar-refractivity contribution in [2.45, 2.75) is 32.8 Å². The molecule has 0 fully saturated rings. The van der Waals surface area contributed by atoms with Crippen molar-refractivity contribution in [3.05, 3.63) is 0 Å². The Hall–Kier alpha value is -0.120. The van der Waals surface area contributed by atoms with Gasteiger partial charge < -0.3 is 15.2 Å². The second kappa shape index (κ2) is 6.40. The summed E-state index contributed by atoms with van der Waals surface area (Å²) in [5.74, 6) is 0. The first-order valence-electron chi connectivity index (χ1n) is 4.63. The number of nitrogens with one attached hydrogen (secondary N) is 1. The molecule has 0 spiro atoms. The Morgan fingerprint density at radius 1 is 1.42 bits per heavy atom. The molecule has 1 atom stereocenters. The maximum atomic E-state index is 9.53. The van der Waals surface area contributed by atoms with E-state index in [-0.39, 0.29) is 0 Å². The standard InChI is InChI=1S/C9H21NO2/c1-4-9(3,11)8-12-7-6-10-5-2/h10-11H,4-8H2,1-3H3. The summed E-state index contributed by atoms with van der Waals surface area (Å²) in [6, 6.07) is 0. The highest BCUT2D eigenvalue weighted by Crippen LogP contribution is 2.07. The summed E-state index contributed by atoms with van der Waals surface area (Å²) < 4.78 is 5.28. The lowest BCUT2D eigenvalue weighted by Gasteiger charge is -2.20. The zero-order valence-corrected chi connectivity index (χ0v) is 8.39. The fourth-order valence-electron chi connectivity index (χ4n) is 0.715. The minimum Gasteiger partial charge on any atom is -0.388 e. The minimum absolute atomic E-state index is 0.425. The van der Waals surface area contributed by atoms with Crippen LogP contribution < -0.4 is 5.32 Å². The molecule has 3 nitrogen and oxygen atoms in total. The van der Waals surface area contributed by atoms with Crippen LogP contribution in [0.15, 0.2) is 0 Å². The molecule has 1 unspecified atom stereocenters. The topological polar surface area (TPSA) is 41.5 Å². The zero-order chi connectivity index (χ0) is 9.45. The van der Waals surface area contributed by atoms with Gasteiger partial charge in [0.05, 0.1) is 18.8 Å². The molecule has 3 heteroatoms. The number of hydrogen-bond acceptors (Lipinski definition) is 3. The van der Waals surface area contributed by atoms with Crippen molar-refractivity contribution in [3.63, 3.8) is 0 Å². The molecule has 74 valence electrons. The van der Waals surface area contributed by atoms with Gasteiger partial charge in [0.25, 0.3) is 0 Å². The summed E-state index contributed by atoms with van der Waals surface area (Å²) in [6.45, 7) is 8.72. The third-order valence-electron chi connectivity index (χ3n) is 1.85. The highest BCUT2D eigenvalue weighted by molar-refractivity contribution is 4.68. The molecule has 2 N–H and O–H groups in total. The predicted molar refractivity (Wildman–Crippen MR) is 50.3 cm³/mol. The van der Waals surface area contributed by atoms with E-state index in [1.165, 1.54) is 0 Å². The highest BCUT2D eigenvalue weighted by Gasteiger charge is 2.16. The van der Waals surface area contributed by atoms with Crippen molar-refractivity contribution in [2.24, 2.45) is 0 Å². The molecule has 12 heavy (non-hydrogen) atoms. The van der Waals surface area contributed by atoms with Gasteiger partial charge in [0.15, 0.2) is 0 Å². The minimum atomic E-state index is -0.661. The fourth-order valence-corrected chi connectivity index (χ4v) is 0.715. The summed E-state index contributed by atoms with van der Waals surface area (Å²) >= 11 is 0. The Bertz CT molecular complexity index is 105. The van der Waals surface area contributed by atoms with Crippen LogP contribution in [-0.4, -0.2) is 37.0 Å². The van der Waals surface area contributed by atoms with E-state index in [1.54, 1.807) is 6.92 Å². The third-order valence-corrected chi connectivity index (χ3v) is 1.85. The molecule has 0 radical (unpaired) electrons. The summed E-state index contributed by atoms with van der Waals surface area (Å²) in [6.07, 6.45) is 0.730. The van der Waals surface area contributed by atoms with Gasteiger partial charge in [0.1, 0.15) is 0 Å². The first-order chi connectivity index (χ1) is 5.62. The van der Waals surface area contributed by atoms with Gasteiger partial charge in [-0.05, 0) is 19.9 Å². The monoisotopic (exact) mass is 175 g/mol. The number of rotatable bonds is 7. The van der Waals surface area contributed by atoms with Gasteiger partial charge in [-0.1, -0.05) is 13.8 Å². The van der Waals surface area contributed by atoms with Crippen LogP contribution in [0.2, 0.25) is 0 Å². The number of likely N-dealkylation sites (N-methyl/N-ethyl adjacent to an activating group) is 1. The van der Waals surface area contributed by atoms with Crippen molar-refractivity contribution in [2.75, 3.05) is 26.3 Å². The molecule has 0 aliphatic carbocycles. The maximum absolute atomic E-state index is 9.53. The fraction of sp³-hybridized carbons (Fsp3) is 1.00. The lowest BCUT2D eigenvalue weighted by molar-refractivity contribution is -0.0346. The molecule has 0 aromatic rings. The van der Waals surface area contributed by atoms with Crippen LogP contribution in [0, 0.1) is 0 Å². The molecule has 0 saturated carbocycles. The average Bonchev–Trinajstić information content (AvgIpc) is 2.04. The van der Waals surface area contributed by atoms with Crippen LogP contribution >= 0.6 is 0 Å². The molecule has 0 rings (SSSR count). The van der Waals surface area contributed by atoms with Gasteiger partial charge in [0, 0.05) is 6.54 Å². The van der Waals surface area contributed by atoms with E-state index >= 15 is 0 Å². The molecule has 0 aliphatic heterocycles. The van der Waals surface area contributed by atoms with Crippen molar-refractivity contribution >= 4 is 0 Å². The maximum Gasteiger partial charge on any atom is 0.0849 e. The van der Waals surface area contributed by atoms with E-state index in [2.05, 4.69) is 12.2 Å². The molecule has 0 bridgehead atoms. The lowest BCUT2D eigenvalue weighted by atomic mass is 10.1. The predicted octanol–water partition coefficient (Wildman–Crippen LogP) is 0.773. The van der Waals surface area contributed by atoms with E-state index in [0.29, 0.717) is 13.2 Å². The quantitative estimate of drug-likeness (QED) is 0.562. The zero-order valence-electron chi connectivity index (χ0n) is 8.39. The molecule has 0 aliphatic rings. The van der Waals surface area contributed by atoms with Crippen molar-refractivity contribution < 1.29 is 9.84 Å². The van der Waals surface area contributed by atoms with Gasteiger partial charge in [0.2, 0.25) is 0 Å². The summed E-state index contributed by atoms with van der Waals surface area (Å²) in [5, 5.41) is 12.7. The molecule has 0 aromatic carbocycles. The molecule has 0 amide bonds. The first kappa shape index (κ1) is 11.9. The molecular weight excluding hydrogens is 154 g/mol. The Labute approximate surface area is 75.1 Å². The van der Waals surface area contributed by atoms with Crippen molar-refractivity contribution in [1.29, 1.82) is 0 Å². The summed E-state index contributed by atoms with van der Waals surface area (Å²) in [4.78, 5) is 0. The van der Waals surface area contributed by atoms with Crippen LogP contribution in [-0.2, 0) is 4.74 Å². The second-order valence-electron chi connectivity index (χ2n) is 3.26. The Morgan fingerprint density at radius 3 is 2.58 bits per heavy atom. The van der Waals surface area contributed by atoms with Crippen molar-refractivity contribution in [1.82, 2.24) is 5.32 Å². The Morgan fingerprint density at radius 2 is 2.08 bits per heavy atom. The number of aliphatic hydroxyl groups is 1. The molecule has 0 saturated heterocycles. The first-order valence-corrected chi connectivity index (χ1v) is 4.63. The lowest BCUT2D eigenvalue weighted by Crippen LogP contribution is -2.31. The van der Waals surface area contributed by atoms with Crippen LogP contribution in [0.3, 0.4) is 0 Å². The van der Waals surface area contributed by atoms with E-state index in [1.807, 2.05) is 6.92 Å². The van der Waals surface area contributed by atoms with E-state index < -0.39 is 5.60 Å². The van der Waals surface area contributed by atoms with Gasteiger partial charge in [-0.25, -0.2) is 0 Å². The molecule has 0 heterocycles. The summed E-state index contributed by atoms with van der Waals surface area (Å²) in [7, 11) is 0. The SMILES string of the molecule is CCNCCOCC(C)(O)CC. The number of ether oxygens (including phenoxy) is 1. The highest BCUT2D eigenvalue weighted by atomic mass is 16.5. The van der Waals surface area contributed by atoms with Crippen LogP contribution in [0.5, 0.6) is 0 Å². The average molecular weight is 175 g/mol. The van der Waals surface area contributed by atoms with Gasteiger partial charge >= 0.3 is 0 Å². The molecule has 0 aromatic heterocycles. The second-order valence-corrected chi connectivity index (χ2v) is 3.26. The van der Waals surface area contributed by atoms with E-state index in [4.69, 9.17) is 4.74 Å². The molecular formula is C9H21NO2.